The molecule has 2 N–H and O–H groups in total. The van der Waals surface area contributed by atoms with E-state index < -0.39 is 12.6 Å². The first-order valence-corrected chi connectivity index (χ1v) is 3.53. The van der Waals surface area contributed by atoms with Gasteiger partial charge in [-0.05, 0) is 20.8 Å². The largest absolute Gasteiger partial charge is 0.367 e. The zero-order chi connectivity index (χ0) is 8.85. The van der Waals surface area contributed by atoms with Crippen LogP contribution in [0.2, 0.25) is 0 Å². The van der Waals surface area contributed by atoms with E-state index in [9.17, 15) is 0 Å². The summed E-state index contributed by atoms with van der Waals surface area (Å²) in [4.78, 5) is 9.43. The summed E-state index contributed by atoms with van der Waals surface area (Å²) < 4.78 is 0. The first kappa shape index (κ1) is 10.8. The van der Waals surface area contributed by atoms with Crippen molar-refractivity contribution in [1.29, 1.82) is 0 Å². The molecule has 0 fully saturated rings. The van der Waals surface area contributed by atoms with E-state index in [4.69, 9.17) is 19.9 Å². The molecule has 0 saturated heterocycles. The lowest BCUT2D eigenvalue weighted by molar-refractivity contribution is -0.440. The summed E-state index contributed by atoms with van der Waals surface area (Å²) >= 11 is 0. The van der Waals surface area contributed by atoms with E-state index in [0.717, 1.165) is 5.23 Å². The third-order valence-electron chi connectivity index (χ3n) is 0.798. The summed E-state index contributed by atoms with van der Waals surface area (Å²) in [5, 5.41) is 18.5. The van der Waals surface area contributed by atoms with Crippen molar-refractivity contribution in [3.05, 3.63) is 0 Å². The van der Waals surface area contributed by atoms with Gasteiger partial charge in [-0.3, -0.25) is 0 Å². The minimum atomic E-state index is -0.936. The van der Waals surface area contributed by atoms with E-state index in [2.05, 4.69) is 0 Å². The number of hydrogen-bond acceptors (Lipinski definition) is 5. The van der Waals surface area contributed by atoms with Gasteiger partial charge in [0.25, 0.3) is 0 Å². The van der Waals surface area contributed by atoms with Crippen molar-refractivity contribution in [1.82, 2.24) is 5.23 Å². The molecule has 0 aromatic rings. The highest BCUT2D eigenvalue weighted by Gasteiger charge is 2.08. The Balaban J connectivity index is 3.58. The van der Waals surface area contributed by atoms with Gasteiger partial charge in [0.2, 0.25) is 0 Å². The third-order valence-corrected chi connectivity index (χ3v) is 0.798. The lowest BCUT2D eigenvalue weighted by atomic mass is 10.7. The van der Waals surface area contributed by atoms with Crippen molar-refractivity contribution in [3.63, 3.8) is 0 Å². The number of hydroxylamine groups is 2. The van der Waals surface area contributed by atoms with Gasteiger partial charge in [-0.15, -0.1) is 0 Å². The van der Waals surface area contributed by atoms with E-state index in [-0.39, 0.29) is 0 Å². The topological polar surface area (TPSA) is 62.2 Å². The summed E-state index contributed by atoms with van der Waals surface area (Å²) in [6, 6.07) is 0. The van der Waals surface area contributed by atoms with E-state index in [1.807, 2.05) is 0 Å². The number of aliphatic hydroxyl groups excluding tert-OH is 2. The van der Waals surface area contributed by atoms with Crippen LogP contribution in [0.3, 0.4) is 0 Å². The summed E-state index contributed by atoms with van der Waals surface area (Å²) in [5.74, 6) is 0. The molecule has 11 heavy (non-hydrogen) atoms. The zero-order valence-corrected chi connectivity index (χ0v) is 7.02. The SMILES string of the molecule is CCN(OC(C)O)OC(C)O. The Hall–Kier alpha value is -0.200. The Morgan fingerprint density at radius 1 is 1.18 bits per heavy atom. The second kappa shape index (κ2) is 5.45. The van der Waals surface area contributed by atoms with Gasteiger partial charge in [-0.25, -0.2) is 9.68 Å². The molecule has 0 spiro atoms. The second-order valence-corrected chi connectivity index (χ2v) is 2.06. The Morgan fingerprint density at radius 2 is 1.55 bits per heavy atom. The van der Waals surface area contributed by atoms with Crippen molar-refractivity contribution in [2.75, 3.05) is 6.54 Å². The fourth-order valence-corrected chi connectivity index (χ4v) is 0.514. The molecule has 0 aromatic heterocycles. The molecule has 0 saturated carbocycles. The van der Waals surface area contributed by atoms with E-state index in [0.29, 0.717) is 6.54 Å². The molecule has 0 bridgehead atoms. The normalized spacial score (nSPS) is 16.9. The van der Waals surface area contributed by atoms with Crippen LogP contribution in [0.15, 0.2) is 0 Å². The first-order chi connectivity index (χ1) is 5.06. The monoisotopic (exact) mass is 165 g/mol. The van der Waals surface area contributed by atoms with Crippen LogP contribution < -0.4 is 0 Å². The van der Waals surface area contributed by atoms with Crippen LogP contribution in [0.5, 0.6) is 0 Å². The van der Waals surface area contributed by atoms with Crippen LogP contribution in [0.4, 0.5) is 0 Å². The van der Waals surface area contributed by atoms with Gasteiger partial charge in [0, 0.05) is 6.54 Å². The highest BCUT2D eigenvalue weighted by molar-refractivity contribution is 4.24. The molecule has 0 aliphatic carbocycles. The lowest BCUT2D eigenvalue weighted by Gasteiger charge is -2.21. The fourth-order valence-electron chi connectivity index (χ4n) is 0.514. The molecule has 0 radical (unpaired) electrons. The Morgan fingerprint density at radius 3 is 1.73 bits per heavy atom. The van der Waals surface area contributed by atoms with Gasteiger partial charge in [0.05, 0.1) is 0 Å². The summed E-state index contributed by atoms with van der Waals surface area (Å²) in [5.41, 5.74) is 0. The average molecular weight is 165 g/mol. The standard InChI is InChI=1S/C6H15NO4/c1-4-7(10-5(2)8)11-6(3)9/h5-6,8-9H,4H2,1-3H3. The van der Waals surface area contributed by atoms with Crippen LogP contribution in [-0.2, 0) is 9.68 Å². The zero-order valence-electron chi connectivity index (χ0n) is 7.02. The Kier molecular flexibility index (Phi) is 5.35. The van der Waals surface area contributed by atoms with Gasteiger partial charge < -0.3 is 10.2 Å². The maximum absolute atomic E-state index is 8.74. The summed E-state index contributed by atoms with van der Waals surface area (Å²) in [6.07, 6.45) is -1.87. The molecule has 2 unspecified atom stereocenters. The summed E-state index contributed by atoms with van der Waals surface area (Å²) in [6.45, 7) is 5.10. The van der Waals surface area contributed by atoms with Crippen LogP contribution in [0.25, 0.3) is 0 Å². The third kappa shape index (κ3) is 6.21. The van der Waals surface area contributed by atoms with Gasteiger partial charge in [0.15, 0.2) is 12.6 Å². The predicted octanol–water partition coefficient (Wildman–Crippen LogP) is -0.152. The van der Waals surface area contributed by atoms with Gasteiger partial charge in [-0.1, -0.05) is 5.23 Å². The van der Waals surface area contributed by atoms with Crippen LogP contribution in [-0.4, -0.2) is 34.6 Å². The highest BCUT2D eigenvalue weighted by atomic mass is 17.0. The fraction of sp³-hybridized carbons (Fsp3) is 1.00. The van der Waals surface area contributed by atoms with E-state index in [1.54, 1.807) is 6.92 Å². The number of nitrogens with zero attached hydrogens (tertiary/aromatic N) is 1. The molecule has 68 valence electrons. The molecule has 5 heteroatoms. The number of aliphatic hydroxyl groups is 2. The van der Waals surface area contributed by atoms with Crippen molar-refractivity contribution in [2.45, 2.75) is 33.4 Å². The molecule has 0 aromatic carbocycles. The molecule has 0 amide bonds. The smallest absolute Gasteiger partial charge is 0.174 e. The lowest BCUT2D eigenvalue weighted by Crippen LogP contribution is -2.31. The molecule has 0 aliphatic rings. The first-order valence-electron chi connectivity index (χ1n) is 3.53. The van der Waals surface area contributed by atoms with Crippen molar-refractivity contribution in [3.8, 4) is 0 Å². The predicted molar refractivity (Wildman–Crippen MR) is 37.9 cm³/mol. The molecular formula is C6H15NO4. The minimum absolute atomic E-state index is 0.426. The van der Waals surface area contributed by atoms with Crippen molar-refractivity contribution < 1.29 is 19.9 Å². The maximum Gasteiger partial charge on any atom is 0.174 e. The van der Waals surface area contributed by atoms with Crippen LogP contribution in [0, 0.1) is 0 Å². The summed E-state index contributed by atoms with van der Waals surface area (Å²) in [7, 11) is 0. The van der Waals surface area contributed by atoms with Crippen molar-refractivity contribution in [2.24, 2.45) is 0 Å². The van der Waals surface area contributed by atoms with Crippen LogP contribution >= 0.6 is 0 Å². The molecular weight excluding hydrogens is 150 g/mol. The Bertz CT molecular complexity index is 86.6. The van der Waals surface area contributed by atoms with Crippen molar-refractivity contribution >= 4 is 0 Å². The highest BCUT2D eigenvalue weighted by Crippen LogP contribution is 1.98. The maximum atomic E-state index is 8.74. The number of rotatable bonds is 5. The van der Waals surface area contributed by atoms with Gasteiger partial charge >= 0.3 is 0 Å². The quantitative estimate of drug-likeness (QED) is 0.438. The molecule has 0 heterocycles. The van der Waals surface area contributed by atoms with E-state index in [1.165, 1.54) is 13.8 Å². The van der Waals surface area contributed by atoms with Crippen LogP contribution in [0.1, 0.15) is 20.8 Å². The molecule has 0 aliphatic heterocycles. The average Bonchev–Trinajstić information content (AvgIpc) is 1.84. The Labute approximate surface area is 66.0 Å². The van der Waals surface area contributed by atoms with Gasteiger partial charge in [-0.2, -0.15) is 0 Å². The second-order valence-electron chi connectivity index (χ2n) is 2.06. The minimum Gasteiger partial charge on any atom is -0.367 e. The molecule has 5 nitrogen and oxygen atoms in total. The van der Waals surface area contributed by atoms with Gasteiger partial charge in [0.1, 0.15) is 0 Å². The van der Waals surface area contributed by atoms with E-state index >= 15 is 0 Å². The molecule has 2 atom stereocenters. The number of hydrogen-bond donors (Lipinski definition) is 2. The molecule has 0 rings (SSSR count).